The molecule has 2 rings (SSSR count). The Bertz CT molecular complexity index is 478. The van der Waals surface area contributed by atoms with E-state index in [1.54, 1.807) is 19.1 Å². The Morgan fingerprint density at radius 1 is 1.53 bits per heavy atom. The number of piperidine rings is 1. The van der Waals surface area contributed by atoms with Crippen molar-refractivity contribution in [1.82, 2.24) is 0 Å². The molecule has 2 unspecified atom stereocenters. The lowest BCUT2D eigenvalue weighted by Crippen LogP contribution is -2.38. The van der Waals surface area contributed by atoms with Crippen LogP contribution in [0.5, 0.6) is 0 Å². The maximum atomic E-state index is 11.0. The molecule has 1 aromatic carbocycles. The molecule has 1 aromatic rings. The highest BCUT2D eigenvalue weighted by molar-refractivity contribution is 6.33. The minimum absolute atomic E-state index is 0.317. The van der Waals surface area contributed by atoms with Crippen LogP contribution in [-0.4, -0.2) is 35.4 Å². The number of benzene rings is 1. The van der Waals surface area contributed by atoms with Gasteiger partial charge < -0.3 is 15.1 Å². The molecule has 1 aliphatic heterocycles. The molecule has 0 bridgehead atoms. The fourth-order valence-electron chi connectivity index (χ4n) is 2.37. The number of carboxylic acid groups (broad SMARTS) is 1. The van der Waals surface area contributed by atoms with Crippen LogP contribution in [0.3, 0.4) is 0 Å². The zero-order chi connectivity index (χ0) is 14.0. The number of anilines is 1. The first-order chi connectivity index (χ1) is 8.99. The van der Waals surface area contributed by atoms with E-state index in [1.807, 2.05) is 11.0 Å². The number of β-amino-alcohol motifs (C(OH)–C–C–N with tert-alkyl or cyclic N) is 1. The summed E-state index contributed by atoms with van der Waals surface area (Å²) in [4.78, 5) is 13.0. The number of carboxylic acids is 1. The molecule has 1 aliphatic rings. The van der Waals surface area contributed by atoms with Gasteiger partial charge >= 0.3 is 5.97 Å². The van der Waals surface area contributed by atoms with E-state index in [0.29, 0.717) is 17.1 Å². The van der Waals surface area contributed by atoms with Crippen LogP contribution in [0.1, 0.15) is 31.2 Å². The Hall–Kier alpha value is -1.26. The minimum atomic E-state index is -0.864. The Labute approximate surface area is 117 Å². The molecule has 104 valence electrons. The first kappa shape index (κ1) is 14.2. The monoisotopic (exact) mass is 283 g/mol. The first-order valence-corrected chi connectivity index (χ1v) is 6.82. The highest BCUT2D eigenvalue weighted by atomic mass is 35.5. The lowest BCUT2D eigenvalue weighted by atomic mass is 10.0. The summed E-state index contributed by atoms with van der Waals surface area (Å²) in [6, 6.07) is 5.34. The molecule has 2 N–H and O–H groups in total. The fourth-order valence-corrected chi connectivity index (χ4v) is 2.67. The van der Waals surface area contributed by atoms with Crippen LogP contribution in [-0.2, 0) is 4.79 Å². The van der Waals surface area contributed by atoms with E-state index in [0.717, 1.165) is 25.1 Å². The topological polar surface area (TPSA) is 60.8 Å². The van der Waals surface area contributed by atoms with E-state index in [-0.39, 0.29) is 6.10 Å². The van der Waals surface area contributed by atoms with Crippen molar-refractivity contribution < 1.29 is 15.0 Å². The molecule has 0 amide bonds. The van der Waals surface area contributed by atoms with Crippen LogP contribution < -0.4 is 4.90 Å². The molecule has 0 radical (unpaired) electrons. The van der Waals surface area contributed by atoms with Crippen LogP contribution in [0.15, 0.2) is 18.2 Å². The SMILES string of the molecule is CC(C(=O)O)c1ccc(N2CCCC(O)C2)c(Cl)c1. The van der Waals surface area contributed by atoms with Gasteiger partial charge in [0.15, 0.2) is 0 Å². The quantitative estimate of drug-likeness (QED) is 0.895. The number of aliphatic hydroxyl groups is 1. The molecule has 1 heterocycles. The molecule has 19 heavy (non-hydrogen) atoms. The van der Waals surface area contributed by atoms with E-state index in [2.05, 4.69) is 0 Å². The second-order valence-electron chi connectivity index (χ2n) is 5.01. The van der Waals surface area contributed by atoms with Gasteiger partial charge in [-0.2, -0.15) is 0 Å². The van der Waals surface area contributed by atoms with Gasteiger partial charge in [-0.3, -0.25) is 4.79 Å². The van der Waals surface area contributed by atoms with Gasteiger partial charge in [-0.05, 0) is 37.5 Å². The number of aliphatic hydroxyl groups excluding tert-OH is 1. The van der Waals surface area contributed by atoms with Crippen molar-refractivity contribution in [3.63, 3.8) is 0 Å². The average Bonchev–Trinajstić information content (AvgIpc) is 2.37. The summed E-state index contributed by atoms with van der Waals surface area (Å²) in [6.45, 7) is 3.08. The second-order valence-corrected chi connectivity index (χ2v) is 5.42. The number of hydrogen-bond acceptors (Lipinski definition) is 3. The molecule has 0 saturated carbocycles. The van der Waals surface area contributed by atoms with Crippen molar-refractivity contribution >= 4 is 23.3 Å². The predicted octanol–water partition coefficient (Wildman–Crippen LogP) is 2.49. The minimum Gasteiger partial charge on any atom is -0.481 e. The van der Waals surface area contributed by atoms with E-state index in [9.17, 15) is 9.90 Å². The highest BCUT2D eigenvalue weighted by Gasteiger charge is 2.21. The summed E-state index contributed by atoms with van der Waals surface area (Å²) in [7, 11) is 0. The van der Waals surface area contributed by atoms with Gasteiger partial charge in [-0.25, -0.2) is 0 Å². The lowest BCUT2D eigenvalue weighted by molar-refractivity contribution is -0.138. The Morgan fingerprint density at radius 3 is 2.84 bits per heavy atom. The van der Waals surface area contributed by atoms with Crippen LogP contribution in [0.25, 0.3) is 0 Å². The van der Waals surface area contributed by atoms with Gasteiger partial charge in [-0.15, -0.1) is 0 Å². The van der Waals surface area contributed by atoms with E-state index >= 15 is 0 Å². The van der Waals surface area contributed by atoms with Crippen LogP contribution in [0.2, 0.25) is 5.02 Å². The third-order valence-electron chi connectivity index (χ3n) is 3.58. The number of aliphatic carboxylic acids is 1. The van der Waals surface area contributed by atoms with Crippen molar-refractivity contribution in [3.05, 3.63) is 28.8 Å². The normalized spacial score (nSPS) is 21.2. The molecule has 0 spiro atoms. The third kappa shape index (κ3) is 3.19. The molecule has 5 heteroatoms. The number of hydrogen-bond donors (Lipinski definition) is 2. The Balaban J connectivity index is 2.21. The standard InChI is InChI=1S/C14H18ClNO3/c1-9(14(18)19)10-4-5-13(12(15)7-10)16-6-2-3-11(17)8-16/h4-5,7,9,11,17H,2-3,6,8H2,1H3,(H,18,19). The maximum absolute atomic E-state index is 11.0. The van der Waals surface area contributed by atoms with Crippen molar-refractivity contribution in [1.29, 1.82) is 0 Å². The average molecular weight is 284 g/mol. The fraction of sp³-hybridized carbons (Fsp3) is 0.500. The van der Waals surface area contributed by atoms with Crippen LogP contribution in [0.4, 0.5) is 5.69 Å². The zero-order valence-electron chi connectivity index (χ0n) is 10.8. The number of nitrogens with zero attached hydrogens (tertiary/aromatic N) is 1. The van der Waals surface area contributed by atoms with Crippen LogP contribution >= 0.6 is 11.6 Å². The second kappa shape index (κ2) is 5.80. The van der Waals surface area contributed by atoms with Crippen molar-refractivity contribution in [2.24, 2.45) is 0 Å². The third-order valence-corrected chi connectivity index (χ3v) is 3.88. The van der Waals surface area contributed by atoms with Crippen molar-refractivity contribution in [2.75, 3.05) is 18.0 Å². The summed E-state index contributed by atoms with van der Waals surface area (Å²) in [6.07, 6.45) is 1.44. The predicted molar refractivity (Wildman–Crippen MR) is 75.0 cm³/mol. The maximum Gasteiger partial charge on any atom is 0.310 e. The van der Waals surface area contributed by atoms with Gasteiger partial charge in [0.05, 0.1) is 22.7 Å². The molecular formula is C14H18ClNO3. The summed E-state index contributed by atoms with van der Waals surface area (Å²) >= 11 is 6.24. The van der Waals surface area contributed by atoms with Crippen LogP contribution in [0, 0.1) is 0 Å². The van der Waals surface area contributed by atoms with Crippen molar-refractivity contribution in [3.8, 4) is 0 Å². The zero-order valence-corrected chi connectivity index (χ0v) is 11.6. The molecule has 4 nitrogen and oxygen atoms in total. The molecule has 0 aliphatic carbocycles. The number of carbonyl (C=O) groups is 1. The number of rotatable bonds is 3. The molecule has 1 fully saturated rings. The highest BCUT2D eigenvalue weighted by Crippen LogP contribution is 2.31. The molecule has 0 aromatic heterocycles. The lowest BCUT2D eigenvalue weighted by Gasteiger charge is -2.32. The van der Waals surface area contributed by atoms with Gasteiger partial charge in [0.1, 0.15) is 0 Å². The summed E-state index contributed by atoms with van der Waals surface area (Å²) < 4.78 is 0. The smallest absolute Gasteiger partial charge is 0.310 e. The summed E-state index contributed by atoms with van der Waals surface area (Å²) in [5.74, 6) is -1.43. The Kier molecular flexibility index (Phi) is 4.32. The molecule has 2 atom stereocenters. The van der Waals surface area contributed by atoms with Gasteiger partial charge in [0, 0.05) is 13.1 Å². The molecular weight excluding hydrogens is 266 g/mol. The summed E-state index contributed by atoms with van der Waals surface area (Å²) in [5, 5.41) is 19.2. The van der Waals surface area contributed by atoms with Gasteiger partial charge in [0.2, 0.25) is 0 Å². The first-order valence-electron chi connectivity index (χ1n) is 6.44. The van der Waals surface area contributed by atoms with E-state index < -0.39 is 11.9 Å². The number of halogens is 1. The van der Waals surface area contributed by atoms with Crippen molar-refractivity contribution in [2.45, 2.75) is 31.8 Å². The van der Waals surface area contributed by atoms with Gasteiger partial charge in [0.25, 0.3) is 0 Å². The summed E-state index contributed by atoms with van der Waals surface area (Å²) in [5.41, 5.74) is 1.56. The largest absolute Gasteiger partial charge is 0.481 e. The van der Waals surface area contributed by atoms with Gasteiger partial charge in [-0.1, -0.05) is 17.7 Å². The Morgan fingerprint density at radius 2 is 2.26 bits per heavy atom. The molecule has 1 saturated heterocycles. The van der Waals surface area contributed by atoms with E-state index in [1.165, 1.54) is 0 Å². The van der Waals surface area contributed by atoms with E-state index in [4.69, 9.17) is 16.7 Å².